The van der Waals surface area contributed by atoms with Crippen molar-refractivity contribution in [3.05, 3.63) is 77.5 Å². The van der Waals surface area contributed by atoms with E-state index in [-0.39, 0.29) is 24.2 Å². The largest absolute Gasteiger partial charge is 0.460 e. The van der Waals surface area contributed by atoms with Crippen molar-refractivity contribution >= 4 is 12.3 Å². The number of benzene rings is 2. The van der Waals surface area contributed by atoms with Crippen LogP contribution in [0, 0.1) is 5.92 Å². The molecule has 1 aliphatic carbocycles. The van der Waals surface area contributed by atoms with Crippen LogP contribution in [0.2, 0.25) is 0 Å². The first-order chi connectivity index (χ1) is 13.2. The Kier molecular flexibility index (Phi) is 4.83. The lowest BCUT2D eigenvalue weighted by Crippen LogP contribution is -2.23. The molecule has 1 aromatic heterocycles. The van der Waals surface area contributed by atoms with E-state index in [2.05, 4.69) is 40.1 Å². The summed E-state index contributed by atoms with van der Waals surface area (Å²) in [7, 11) is 0. The van der Waals surface area contributed by atoms with Gasteiger partial charge in [-0.25, -0.2) is 4.98 Å². The molecule has 0 radical (unpaired) electrons. The first kappa shape index (κ1) is 17.2. The Labute approximate surface area is 157 Å². The summed E-state index contributed by atoms with van der Waals surface area (Å²) in [5, 5.41) is 0. The van der Waals surface area contributed by atoms with Crippen molar-refractivity contribution in [1.82, 2.24) is 4.98 Å². The molecular weight excluding hydrogens is 342 g/mol. The Bertz CT molecular complexity index is 961. The smallest absolute Gasteiger partial charge is 0.293 e. The number of carbonyl (C=O) groups is 2. The number of nitrogens with zero attached hydrogens (tertiary/aromatic N) is 1. The zero-order valence-corrected chi connectivity index (χ0v) is 14.8. The molecule has 136 valence electrons. The van der Waals surface area contributed by atoms with E-state index < -0.39 is 0 Å². The molecule has 1 aliphatic rings. The number of hydrogen-bond donors (Lipinski definition) is 0. The van der Waals surface area contributed by atoms with Gasteiger partial charge in [0.2, 0.25) is 5.78 Å². The predicted octanol–water partition coefficient (Wildman–Crippen LogP) is 4.00. The van der Waals surface area contributed by atoms with E-state index in [4.69, 9.17) is 4.42 Å². The van der Waals surface area contributed by atoms with Gasteiger partial charge in [-0.15, -0.1) is 0 Å². The quantitative estimate of drug-likeness (QED) is 0.490. The van der Waals surface area contributed by atoms with Gasteiger partial charge >= 0.3 is 0 Å². The first-order valence-electron chi connectivity index (χ1n) is 8.96. The van der Waals surface area contributed by atoms with Crippen molar-refractivity contribution in [3.63, 3.8) is 0 Å². The van der Waals surface area contributed by atoms with Crippen LogP contribution in [-0.4, -0.2) is 17.2 Å². The van der Waals surface area contributed by atoms with Crippen molar-refractivity contribution < 1.29 is 18.7 Å². The lowest BCUT2D eigenvalue weighted by atomic mass is 9.80. The van der Waals surface area contributed by atoms with Gasteiger partial charge < -0.3 is 9.15 Å². The molecule has 4 rings (SSSR count). The van der Waals surface area contributed by atoms with E-state index in [9.17, 15) is 9.59 Å². The molecule has 0 fully saturated rings. The average Bonchev–Trinajstić information content (AvgIpc) is 3.20. The monoisotopic (exact) mass is 361 g/mol. The molecule has 5 heteroatoms. The van der Waals surface area contributed by atoms with Gasteiger partial charge in [-0.3, -0.25) is 9.59 Å². The molecule has 0 bridgehead atoms. The Morgan fingerprint density at radius 1 is 1.15 bits per heavy atom. The molecule has 1 atom stereocenters. The average molecular weight is 361 g/mol. The molecule has 0 N–H and O–H groups in total. The lowest BCUT2D eigenvalue weighted by Gasteiger charge is -2.23. The van der Waals surface area contributed by atoms with E-state index in [1.165, 1.54) is 28.5 Å². The van der Waals surface area contributed by atoms with Crippen LogP contribution in [0.25, 0.3) is 11.1 Å². The summed E-state index contributed by atoms with van der Waals surface area (Å²) in [6.45, 7) is 0.325. The molecule has 0 amide bonds. The maximum absolute atomic E-state index is 12.7. The number of Topliss-reactive ketones (excluding diaryl/α,β-unsaturated/α-hetero) is 1. The van der Waals surface area contributed by atoms with Crippen molar-refractivity contribution in [2.24, 2.45) is 5.92 Å². The second kappa shape index (κ2) is 7.58. The SMILES string of the molecule is O=COCc1cnc(C(=O)C2CCc3cc(-c4ccccc4)ccc3C2)o1. The molecule has 2 aromatic carbocycles. The summed E-state index contributed by atoms with van der Waals surface area (Å²) in [4.78, 5) is 27.0. The van der Waals surface area contributed by atoms with Crippen LogP contribution in [0.3, 0.4) is 0 Å². The summed E-state index contributed by atoms with van der Waals surface area (Å²) < 4.78 is 10.0. The maximum atomic E-state index is 12.7. The molecule has 1 unspecified atom stereocenters. The third-order valence-corrected chi connectivity index (χ3v) is 4.97. The van der Waals surface area contributed by atoms with E-state index in [1.807, 2.05) is 18.2 Å². The minimum absolute atomic E-state index is 0.0143. The van der Waals surface area contributed by atoms with Crippen LogP contribution in [-0.2, 0) is 29.0 Å². The summed E-state index contributed by atoms with van der Waals surface area (Å²) >= 11 is 0. The first-order valence-corrected chi connectivity index (χ1v) is 8.96. The van der Waals surface area contributed by atoms with Crippen LogP contribution < -0.4 is 0 Å². The lowest BCUT2D eigenvalue weighted by molar-refractivity contribution is -0.130. The Morgan fingerprint density at radius 3 is 2.81 bits per heavy atom. The minimum atomic E-state index is -0.140. The second-order valence-corrected chi connectivity index (χ2v) is 6.69. The van der Waals surface area contributed by atoms with Crippen LogP contribution in [0.1, 0.15) is 34.0 Å². The highest BCUT2D eigenvalue weighted by Crippen LogP contribution is 2.31. The van der Waals surface area contributed by atoms with Crippen molar-refractivity contribution in [1.29, 1.82) is 0 Å². The highest BCUT2D eigenvalue weighted by molar-refractivity contribution is 5.94. The third kappa shape index (κ3) is 3.67. The van der Waals surface area contributed by atoms with Crippen molar-refractivity contribution in [2.45, 2.75) is 25.9 Å². The topological polar surface area (TPSA) is 69.4 Å². The summed E-state index contributed by atoms with van der Waals surface area (Å²) in [5.41, 5.74) is 4.90. The summed E-state index contributed by atoms with van der Waals surface area (Å²) in [6.07, 6.45) is 3.74. The molecule has 27 heavy (non-hydrogen) atoms. The fourth-order valence-corrected chi connectivity index (χ4v) is 3.57. The van der Waals surface area contributed by atoms with Gasteiger partial charge in [-0.2, -0.15) is 0 Å². The van der Waals surface area contributed by atoms with Crippen LogP contribution in [0.4, 0.5) is 0 Å². The van der Waals surface area contributed by atoms with Gasteiger partial charge in [0.05, 0.1) is 6.20 Å². The van der Waals surface area contributed by atoms with Crippen LogP contribution >= 0.6 is 0 Å². The fraction of sp³-hybridized carbons (Fsp3) is 0.227. The summed E-state index contributed by atoms with van der Waals surface area (Å²) in [5.74, 6) is 0.228. The maximum Gasteiger partial charge on any atom is 0.293 e. The highest BCUT2D eigenvalue weighted by Gasteiger charge is 2.28. The minimum Gasteiger partial charge on any atom is -0.460 e. The van der Waals surface area contributed by atoms with E-state index in [0.29, 0.717) is 18.7 Å². The fourth-order valence-electron chi connectivity index (χ4n) is 3.57. The van der Waals surface area contributed by atoms with Gasteiger partial charge in [0.15, 0.2) is 12.4 Å². The van der Waals surface area contributed by atoms with Crippen molar-refractivity contribution in [3.8, 4) is 11.1 Å². The molecule has 0 aliphatic heterocycles. The number of aryl methyl sites for hydroxylation is 1. The Balaban J connectivity index is 1.49. The second-order valence-electron chi connectivity index (χ2n) is 6.69. The van der Waals surface area contributed by atoms with E-state index in [1.54, 1.807) is 0 Å². The van der Waals surface area contributed by atoms with Crippen molar-refractivity contribution in [2.75, 3.05) is 0 Å². The number of hydrogen-bond acceptors (Lipinski definition) is 5. The van der Waals surface area contributed by atoms with E-state index >= 15 is 0 Å². The van der Waals surface area contributed by atoms with Gasteiger partial charge in [0.25, 0.3) is 12.4 Å². The highest BCUT2D eigenvalue weighted by atomic mass is 16.5. The number of ether oxygens (including phenoxy) is 1. The predicted molar refractivity (Wildman–Crippen MR) is 99.1 cm³/mol. The molecule has 5 nitrogen and oxygen atoms in total. The number of carbonyl (C=O) groups excluding carboxylic acids is 2. The third-order valence-electron chi connectivity index (χ3n) is 4.97. The van der Waals surface area contributed by atoms with Gasteiger partial charge in [-0.05, 0) is 41.5 Å². The molecule has 0 saturated heterocycles. The van der Waals surface area contributed by atoms with Gasteiger partial charge in [0.1, 0.15) is 0 Å². The molecular formula is C22H19NO4. The summed E-state index contributed by atoms with van der Waals surface area (Å²) in [6, 6.07) is 16.7. The normalized spacial score (nSPS) is 15.8. The van der Waals surface area contributed by atoms with E-state index in [0.717, 1.165) is 12.8 Å². The van der Waals surface area contributed by atoms with Crippen LogP contribution in [0.15, 0.2) is 59.1 Å². The number of aromatic nitrogens is 1. The number of oxazole rings is 1. The number of ketones is 1. The van der Waals surface area contributed by atoms with Gasteiger partial charge in [0, 0.05) is 5.92 Å². The molecule has 0 saturated carbocycles. The molecule has 1 heterocycles. The Hall–Kier alpha value is -3.21. The van der Waals surface area contributed by atoms with Gasteiger partial charge in [-0.1, -0.05) is 48.5 Å². The standard InChI is InChI=1S/C22H19NO4/c24-14-26-13-20-12-23-22(27-20)21(25)19-9-8-17-10-16(6-7-18(17)11-19)15-4-2-1-3-5-15/h1-7,10,12,14,19H,8-9,11,13H2. The zero-order valence-electron chi connectivity index (χ0n) is 14.8. The Morgan fingerprint density at radius 2 is 2.00 bits per heavy atom. The zero-order chi connectivity index (χ0) is 18.6. The number of fused-ring (bicyclic) bond motifs is 1. The number of rotatable bonds is 6. The molecule has 3 aromatic rings. The van der Waals surface area contributed by atoms with Crippen LogP contribution in [0.5, 0.6) is 0 Å². The molecule has 0 spiro atoms.